The van der Waals surface area contributed by atoms with E-state index in [9.17, 15) is 5.26 Å². The van der Waals surface area contributed by atoms with Crippen molar-refractivity contribution in [1.29, 1.82) is 5.26 Å². The van der Waals surface area contributed by atoms with Crippen molar-refractivity contribution in [1.82, 2.24) is 0 Å². The first kappa shape index (κ1) is 46.8. The lowest BCUT2D eigenvalue weighted by Crippen LogP contribution is -2.16. The van der Waals surface area contributed by atoms with Crippen molar-refractivity contribution < 1.29 is 0 Å². The third kappa shape index (κ3) is 6.90. The number of rotatable bonds is 8. The number of benzene rings is 12. The Bertz CT molecular complexity index is 4260. The molecule has 4 nitrogen and oxygen atoms in total. The Morgan fingerprint density at radius 1 is 0.410 bits per heavy atom. The van der Waals surface area contributed by atoms with Crippen LogP contribution in [0.2, 0.25) is 0 Å². The maximum Gasteiger partial charge on any atom is 0.195 e. The van der Waals surface area contributed by atoms with Crippen LogP contribution >= 0.6 is 0 Å². The zero-order valence-electron chi connectivity index (χ0n) is 44.6. The highest BCUT2D eigenvalue weighted by Gasteiger charge is 2.39. The first-order chi connectivity index (χ1) is 37.9. The van der Waals surface area contributed by atoms with E-state index in [1.807, 2.05) is 24.3 Å². The lowest BCUT2D eigenvalue weighted by atomic mass is 9.82. The predicted octanol–water partition coefficient (Wildman–Crippen LogP) is 20.5. The molecule has 0 N–H and O–H groups in total. The smallest absolute Gasteiger partial charge is 0.195 e. The molecule has 0 unspecified atom stereocenters. The van der Waals surface area contributed by atoms with Gasteiger partial charge in [-0.25, -0.2) is 4.85 Å². The molecule has 0 saturated heterocycles. The Morgan fingerprint density at radius 2 is 0.872 bits per heavy atom. The summed E-state index contributed by atoms with van der Waals surface area (Å²) < 4.78 is 0. The Labute approximate surface area is 456 Å². The van der Waals surface area contributed by atoms with E-state index in [4.69, 9.17) is 6.57 Å². The summed E-state index contributed by atoms with van der Waals surface area (Å²) in [6, 6.07) is 82.1. The number of aryl methyl sites for hydroxylation is 2. The molecule has 0 amide bonds. The lowest BCUT2D eigenvalue weighted by molar-refractivity contribution is 0.660. The van der Waals surface area contributed by atoms with Crippen molar-refractivity contribution in [3.05, 3.63) is 269 Å². The molecule has 0 fully saturated rings. The maximum atomic E-state index is 10.6. The summed E-state index contributed by atoms with van der Waals surface area (Å²) in [4.78, 5) is 9.01. The highest BCUT2D eigenvalue weighted by molar-refractivity contribution is 6.28. The number of nitriles is 1. The van der Waals surface area contributed by atoms with Crippen LogP contribution in [0.15, 0.2) is 218 Å². The van der Waals surface area contributed by atoms with Crippen LogP contribution < -0.4 is 9.80 Å². The number of anilines is 6. The quantitative estimate of drug-likeness (QED) is 0.112. The third-order valence-corrected chi connectivity index (χ3v) is 17.3. The van der Waals surface area contributed by atoms with Gasteiger partial charge in [0.05, 0.1) is 29.6 Å². The second kappa shape index (κ2) is 17.4. The molecule has 0 saturated carbocycles. The Kier molecular flexibility index (Phi) is 10.4. The van der Waals surface area contributed by atoms with Crippen molar-refractivity contribution in [3.8, 4) is 50.6 Å². The van der Waals surface area contributed by atoms with Gasteiger partial charge in [-0.2, -0.15) is 5.26 Å². The fourth-order valence-corrected chi connectivity index (χ4v) is 13.3. The van der Waals surface area contributed by atoms with Gasteiger partial charge in [-0.1, -0.05) is 191 Å². The fourth-order valence-electron chi connectivity index (χ4n) is 13.3. The van der Waals surface area contributed by atoms with E-state index in [0.29, 0.717) is 11.3 Å². The van der Waals surface area contributed by atoms with E-state index in [1.54, 1.807) is 0 Å². The van der Waals surface area contributed by atoms with Crippen molar-refractivity contribution in [3.63, 3.8) is 0 Å². The minimum atomic E-state index is -0.272. The van der Waals surface area contributed by atoms with Gasteiger partial charge in [0, 0.05) is 49.9 Å². The Morgan fingerprint density at radius 3 is 1.36 bits per heavy atom. The van der Waals surface area contributed by atoms with Gasteiger partial charge >= 0.3 is 0 Å². The van der Waals surface area contributed by atoms with Crippen LogP contribution in [0.1, 0.15) is 66.6 Å². The van der Waals surface area contributed by atoms with Gasteiger partial charge in [0.1, 0.15) is 0 Å². The highest BCUT2D eigenvalue weighted by Crippen LogP contribution is 2.56. The number of fused-ring (bicyclic) bond motifs is 6. The fraction of sp³-hybridized carbons (Fsp3) is 0.108. The Hall–Kier alpha value is -9.74. The van der Waals surface area contributed by atoms with Crippen LogP contribution in [0.3, 0.4) is 0 Å². The van der Waals surface area contributed by atoms with Gasteiger partial charge < -0.3 is 9.80 Å². The molecular formula is C74H54N4. The predicted molar refractivity (Wildman–Crippen MR) is 326 cm³/mol. The highest BCUT2D eigenvalue weighted by atomic mass is 15.2. The normalized spacial score (nSPS) is 13.4. The molecule has 0 spiro atoms. The summed E-state index contributed by atoms with van der Waals surface area (Å²) in [6.45, 7) is 21.8. The number of nitrogens with zero attached hydrogens (tertiary/aromatic N) is 4. The van der Waals surface area contributed by atoms with E-state index >= 15 is 0 Å². The van der Waals surface area contributed by atoms with Crippen LogP contribution in [0.4, 0.5) is 39.8 Å². The average molecular weight is 999 g/mol. The molecule has 0 heterocycles. The molecule has 14 rings (SSSR count). The van der Waals surface area contributed by atoms with E-state index in [-0.39, 0.29) is 10.8 Å². The number of hydrogen-bond donors (Lipinski definition) is 0. The summed E-state index contributed by atoms with van der Waals surface area (Å²) in [7, 11) is 0. The lowest BCUT2D eigenvalue weighted by Gasteiger charge is -2.31. The molecule has 0 atom stereocenters. The zero-order chi connectivity index (χ0) is 53.2. The summed E-state index contributed by atoms with van der Waals surface area (Å²) >= 11 is 0. The van der Waals surface area contributed by atoms with E-state index in [2.05, 4.69) is 256 Å². The zero-order valence-corrected chi connectivity index (χ0v) is 44.6. The first-order valence-corrected chi connectivity index (χ1v) is 26.9. The summed E-state index contributed by atoms with van der Waals surface area (Å²) in [6.07, 6.45) is 0. The number of hydrogen-bond acceptors (Lipinski definition) is 3. The SMILES string of the molecule is [C-]#[N+]c1cccc2c1-c1cc(N(c3cc(-c4ccccc4)ccc3C)c3ccc4ccc5c(N(c6ccc7c(c6)-c6c(C#N)cccc6C7(C)C)c6cc(-c7ccccc7)ccc6C)ccc6ccc3c4c65)ccc1C2(C)C. The standard InChI is InChI=1S/C74H54N4/c1-45-24-26-51(47-16-10-8-11-17-47)40-67(45)77(54-32-36-60-58(42-54)69-53(44-75)20-14-21-62(69)73(60,3)4)65-38-30-49-29-35-57-66(39-31-50-28-34-56(65)70(49)71(50)57)78(68-41-52(27-25-46(68)2)48-18-12-9-13-19-48)55-33-37-61-59(43-55)72-63(74(61,5)6)22-15-23-64(72)76-7/h8-43H,1-6H3. The summed E-state index contributed by atoms with van der Waals surface area (Å²) in [5, 5.41) is 17.6. The van der Waals surface area contributed by atoms with Gasteiger partial charge in [-0.15, -0.1) is 0 Å². The van der Waals surface area contributed by atoms with Crippen LogP contribution in [-0.4, -0.2) is 0 Å². The van der Waals surface area contributed by atoms with Crippen molar-refractivity contribution in [2.24, 2.45) is 0 Å². The molecular weight excluding hydrogens is 945 g/mol. The van der Waals surface area contributed by atoms with E-state index < -0.39 is 0 Å². The molecule has 0 aromatic heterocycles. The van der Waals surface area contributed by atoms with Crippen LogP contribution in [0.25, 0.3) is 81.7 Å². The minimum absolute atomic E-state index is 0.266. The minimum Gasteiger partial charge on any atom is -0.310 e. The van der Waals surface area contributed by atoms with Crippen molar-refractivity contribution in [2.45, 2.75) is 52.4 Å². The molecule has 12 aromatic carbocycles. The molecule has 4 heteroatoms. The summed E-state index contributed by atoms with van der Waals surface area (Å²) in [5.41, 5.74) is 23.2. The van der Waals surface area contributed by atoms with Gasteiger partial charge in [0.25, 0.3) is 0 Å². The molecule has 12 aromatic rings. The van der Waals surface area contributed by atoms with Gasteiger partial charge in [-0.3, -0.25) is 0 Å². The largest absolute Gasteiger partial charge is 0.310 e. The van der Waals surface area contributed by atoms with E-state index in [0.717, 1.165) is 101 Å². The molecule has 2 aliphatic rings. The molecule has 78 heavy (non-hydrogen) atoms. The second-order valence-corrected chi connectivity index (χ2v) is 22.4. The first-order valence-electron chi connectivity index (χ1n) is 26.9. The van der Waals surface area contributed by atoms with Gasteiger partial charge in [0.2, 0.25) is 0 Å². The Balaban J connectivity index is 1.02. The second-order valence-electron chi connectivity index (χ2n) is 22.4. The molecule has 0 bridgehead atoms. The molecule has 0 radical (unpaired) electrons. The van der Waals surface area contributed by atoms with E-state index in [1.165, 1.54) is 43.8 Å². The monoisotopic (exact) mass is 998 g/mol. The summed E-state index contributed by atoms with van der Waals surface area (Å²) in [5.74, 6) is 0. The van der Waals surface area contributed by atoms with Crippen LogP contribution in [-0.2, 0) is 10.8 Å². The third-order valence-electron chi connectivity index (χ3n) is 17.3. The molecule has 370 valence electrons. The molecule has 0 aliphatic heterocycles. The van der Waals surface area contributed by atoms with Crippen LogP contribution in [0.5, 0.6) is 0 Å². The topological polar surface area (TPSA) is 34.6 Å². The van der Waals surface area contributed by atoms with Gasteiger partial charge in [0.15, 0.2) is 5.69 Å². The van der Waals surface area contributed by atoms with Crippen LogP contribution in [0, 0.1) is 31.8 Å². The van der Waals surface area contributed by atoms with Gasteiger partial charge in [-0.05, 0) is 162 Å². The van der Waals surface area contributed by atoms with Crippen molar-refractivity contribution in [2.75, 3.05) is 9.80 Å². The van der Waals surface area contributed by atoms with Crippen molar-refractivity contribution >= 4 is 72.1 Å². The maximum absolute atomic E-state index is 10.6. The average Bonchev–Trinajstić information content (AvgIpc) is 4.06. The molecule has 2 aliphatic carbocycles.